The molecule has 4 heterocycles. The largest absolute Gasteiger partial charge is 0.418 e. The van der Waals surface area contributed by atoms with Crippen molar-refractivity contribution >= 4 is 5.52 Å². The van der Waals surface area contributed by atoms with Gasteiger partial charge in [-0.15, -0.1) is 0 Å². The Bertz CT molecular complexity index is 1220. The number of nitrogens with zero attached hydrogens (tertiary/aromatic N) is 4. The van der Waals surface area contributed by atoms with E-state index in [1.807, 2.05) is 0 Å². The number of alkyl halides is 3. The fraction of sp³-hybridized carbons (Fsp3) is 0.759. The smallest absolute Gasteiger partial charge is 0.296 e. The zero-order valence-electron chi connectivity index (χ0n) is 23.2. The number of hydrogen-bond donors (Lipinski definition) is 2. The van der Waals surface area contributed by atoms with E-state index in [1.165, 1.54) is 35.9 Å². The molecule has 2 aromatic heterocycles. The minimum atomic E-state index is -4.52. The molecule has 2 aliphatic carbocycles. The van der Waals surface area contributed by atoms with E-state index in [0.29, 0.717) is 35.9 Å². The molecule has 10 heteroatoms. The van der Waals surface area contributed by atoms with E-state index in [1.54, 1.807) is 10.8 Å². The van der Waals surface area contributed by atoms with Crippen molar-refractivity contribution < 1.29 is 13.2 Å². The highest BCUT2D eigenvalue weighted by atomic mass is 19.4. The Balaban J connectivity index is 1.31. The van der Waals surface area contributed by atoms with Gasteiger partial charge in [-0.25, -0.2) is 15.6 Å². The van der Waals surface area contributed by atoms with Crippen LogP contribution in [0.2, 0.25) is 0 Å². The van der Waals surface area contributed by atoms with Gasteiger partial charge in [-0.05, 0) is 82.0 Å². The molecule has 2 saturated heterocycles. The molecule has 7 nitrogen and oxygen atoms in total. The molecule has 0 radical (unpaired) electrons. The van der Waals surface area contributed by atoms with Gasteiger partial charge in [0.2, 0.25) is 0 Å². The predicted molar refractivity (Wildman–Crippen MR) is 145 cm³/mol. The predicted octanol–water partition coefficient (Wildman–Crippen LogP) is 4.97. The molecule has 2 saturated carbocycles. The van der Waals surface area contributed by atoms with Crippen molar-refractivity contribution in [1.29, 1.82) is 0 Å². The number of piperidine rings is 1. The van der Waals surface area contributed by atoms with Crippen molar-refractivity contribution in [3.63, 3.8) is 0 Å². The summed E-state index contributed by atoms with van der Waals surface area (Å²) in [6.07, 6.45) is 9.65. The highest BCUT2D eigenvalue weighted by Crippen LogP contribution is 2.47. The first-order valence-electron chi connectivity index (χ1n) is 15.0. The van der Waals surface area contributed by atoms with Crippen molar-refractivity contribution in [2.45, 2.75) is 102 Å². The van der Waals surface area contributed by atoms with Crippen LogP contribution in [0.3, 0.4) is 0 Å². The van der Waals surface area contributed by atoms with E-state index >= 15 is 0 Å². The summed E-state index contributed by atoms with van der Waals surface area (Å²) in [4.78, 5) is 18.3. The lowest BCUT2D eigenvalue weighted by molar-refractivity contribution is -0.136. The lowest BCUT2D eigenvalue weighted by atomic mass is 9.65. The number of pyridine rings is 1. The van der Waals surface area contributed by atoms with Gasteiger partial charge in [0.05, 0.1) is 23.9 Å². The van der Waals surface area contributed by atoms with E-state index in [0.717, 1.165) is 58.2 Å². The van der Waals surface area contributed by atoms with Gasteiger partial charge >= 0.3 is 11.9 Å². The molecule has 2 aliphatic heterocycles. The summed E-state index contributed by atoms with van der Waals surface area (Å²) >= 11 is 0. The summed E-state index contributed by atoms with van der Waals surface area (Å²) in [5.41, 5.74) is 6.24. The van der Waals surface area contributed by atoms with E-state index in [4.69, 9.17) is 0 Å². The van der Waals surface area contributed by atoms with Crippen LogP contribution >= 0.6 is 0 Å². The molecule has 5 atom stereocenters. The molecule has 0 spiro atoms. The van der Waals surface area contributed by atoms with Gasteiger partial charge in [0.1, 0.15) is 0 Å². The van der Waals surface area contributed by atoms with Crippen LogP contribution in [-0.4, -0.2) is 51.2 Å². The lowest BCUT2D eigenvalue weighted by Gasteiger charge is -2.46. The number of hydrogen-bond acceptors (Lipinski definition) is 5. The summed E-state index contributed by atoms with van der Waals surface area (Å²) in [7, 11) is 2.13. The third-order valence-corrected chi connectivity index (χ3v) is 10.2. The Morgan fingerprint density at radius 3 is 2.46 bits per heavy atom. The standard InChI is InChI=1S/C29H43F3N6O/c1-19-7-3-4-12-36(19)15-20-13-24(29(30,31)32)25-17-37(28(39)38(25)16-20)23-11-6-10-22(14-23)26(21-8-5-9-21)27-34-33-18-35(27)2/h13,16-17,19,21-23,26-27,33-34H,3-12,14-15,18H2,1-2H3/t19-,22?,23?,26?,27?/m0/s1. The number of aromatic nitrogens is 2. The number of rotatable bonds is 6. The highest BCUT2D eigenvalue weighted by molar-refractivity contribution is 5.56. The van der Waals surface area contributed by atoms with Crippen LogP contribution in [0, 0.1) is 17.8 Å². The molecular weight excluding hydrogens is 505 g/mol. The lowest BCUT2D eigenvalue weighted by Crippen LogP contribution is -2.50. The third kappa shape index (κ3) is 5.29. The second kappa shape index (κ2) is 10.8. The Labute approximate surface area is 228 Å². The Morgan fingerprint density at radius 2 is 1.79 bits per heavy atom. The summed E-state index contributed by atoms with van der Waals surface area (Å²) in [5.74, 6) is 1.57. The first kappa shape index (κ1) is 27.3. The Hall–Kier alpha value is -1.88. The Morgan fingerprint density at radius 1 is 1.03 bits per heavy atom. The van der Waals surface area contributed by atoms with Crippen LogP contribution in [0.1, 0.15) is 88.3 Å². The van der Waals surface area contributed by atoms with Gasteiger partial charge < -0.3 is 0 Å². The van der Waals surface area contributed by atoms with Crippen molar-refractivity contribution in [3.05, 3.63) is 40.1 Å². The number of nitrogens with one attached hydrogen (secondary N) is 2. The van der Waals surface area contributed by atoms with Crippen molar-refractivity contribution in [3.8, 4) is 0 Å². The summed E-state index contributed by atoms with van der Waals surface area (Å²) in [5, 5.41) is 0. The third-order valence-electron chi connectivity index (χ3n) is 10.2. The molecule has 2 aromatic rings. The number of likely N-dealkylation sites (tertiary alicyclic amines) is 1. The molecule has 39 heavy (non-hydrogen) atoms. The van der Waals surface area contributed by atoms with Gasteiger partial charge in [-0.3, -0.25) is 18.8 Å². The van der Waals surface area contributed by atoms with Crippen LogP contribution in [0.5, 0.6) is 0 Å². The van der Waals surface area contributed by atoms with Crippen molar-refractivity contribution in [2.24, 2.45) is 17.8 Å². The zero-order chi connectivity index (χ0) is 27.3. The molecule has 0 aromatic carbocycles. The van der Waals surface area contributed by atoms with E-state index in [-0.39, 0.29) is 23.4 Å². The Kier molecular flexibility index (Phi) is 7.58. The van der Waals surface area contributed by atoms with Crippen LogP contribution < -0.4 is 16.5 Å². The molecule has 6 rings (SSSR count). The minimum absolute atomic E-state index is 0.0259. The summed E-state index contributed by atoms with van der Waals surface area (Å²) in [6, 6.07) is 1.52. The molecule has 2 N–H and O–H groups in total. The van der Waals surface area contributed by atoms with Crippen LogP contribution in [0.25, 0.3) is 5.52 Å². The number of imidazole rings is 1. The maximum Gasteiger partial charge on any atom is 0.418 e. The first-order chi connectivity index (χ1) is 18.7. The first-order valence-corrected chi connectivity index (χ1v) is 15.0. The molecule has 4 aliphatic rings. The van der Waals surface area contributed by atoms with Gasteiger partial charge in [-0.2, -0.15) is 13.2 Å². The number of fused-ring (bicyclic) bond motifs is 1. The minimum Gasteiger partial charge on any atom is -0.296 e. The summed E-state index contributed by atoms with van der Waals surface area (Å²) in [6.45, 7) is 4.24. The normalized spacial score (nSPS) is 30.6. The van der Waals surface area contributed by atoms with Crippen LogP contribution in [-0.2, 0) is 12.7 Å². The maximum absolute atomic E-state index is 14.3. The SMILES string of the molecule is C[C@H]1CCCCN1Cc1cc(C(F)(F)F)c2cn(C3CCCC(C(C4CCC4)C4NNCN4C)C3)c(=O)n2c1. The maximum atomic E-state index is 14.3. The molecule has 4 unspecified atom stereocenters. The average molecular weight is 549 g/mol. The van der Waals surface area contributed by atoms with Crippen LogP contribution in [0.15, 0.2) is 23.3 Å². The number of halogens is 3. The molecular formula is C29H43F3N6O. The number of hydrazine groups is 1. The van der Waals surface area contributed by atoms with E-state index in [2.05, 4.69) is 34.6 Å². The molecule has 4 fully saturated rings. The van der Waals surface area contributed by atoms with Crippen LogP contribution in [0.4, 0.5) is 13.2 Å². The second-order valence-corrected chi connectivity index (χ2v) is 12.7. The van der Waals surface area contributed by atoms with Gasteiger partial charge in [0.25, 0.3) is 0 Å². The zero-order valence-corrected chi connectivity index (χ0v) is 23.2. The fourth-order valence-corrected chi connectivity index (χ4v) is 7.87. The van der Waals surface area contributed by atoms with Crippen molar-refractivity contribution in [1.82, 2.24) is 29.6 Å². The van der Waals surface area contributed by atoms with E-state index in [9.17, 15) is 18.0 Å². The quantitative estimate of drug-likeness (QED) is 0.534. The molecule has 0 bridgehead atoms. The van der Waals surface area contributed by atoms with Gasteiger partial charge in [-0.1, -0.05) is 32.1 Å². The van der Waals surface area contributed by atoms with E-state index < -0.39 is 11.7 Å². The topological polar surface area (TPSA) is 57.0 Å². The highest BCUT2D eigenvalue weighted by Gasteiger charge is 2.44. The van der Waals surface area contributed by atoms with Gasteiger partial charge in [0.15, 0.2) is 0 Å². The second-order valence-electron chi connectivity index (χ2n) is 12.7. The fourth-order valence-electron chi connectivity index (χ4n) is 7.87. The van der Waals surface area contributed by atoms with Gasteiger partial charge in [0, 0.05) is 31.0 Å². The molecule has 216 valence electrons. The van der Waals surface area contributed by atoms with Crippen molar-refractivity contribution in [2.75, 3.05) is 20.3 Å². The average Bonchev–Trinajstić information content (AvgIpc) is 3.44. The monoisotopic (exact) mass is 548 g/mol. The summed E-state index contributed by atoms with van der Waals surface area (Å²) < 4.78 is 45.8. The molecule has 0 amide bonds.